The third kappa shape index (κ3) is 3.44. The average molecular weight is 413 g/mol. The summed E-state index contributed by atoms with van der Waals surface area (Å²) in [4.78, 5) is 1.24. The third-order valence-corrected chi connectivity index (χ3v) is 7.24. The van der Waals surface area contributed by atoms with Crippen LogP contribution in [0.1, 0.15) is 22.0 Å². The highest BCUT2D eigenvalue weighted by Gasteiger charge is 2.37. The van der Waals surface area contributed by atoms with E-state index in [2.05, 4.69) is 5.43 Å². The molecule has 4 rings (SSSR count). The number of benzene rings is 2. The molecule has 144 valence electrons. The molecule has 0 fully saturated rings. The van der Waals surface area contributed by atoms with Gasteiger partial charge in [0.1, 0.15) is 5.75 Å². The van der Waals surface area contributed by atoms with E-state index in [0.29, 0.717) is 0 Å². The Hall–Kier alpha value is -2.61. The van der Waals surface area contributed by atoms with Crippen LogP contribution in [0.2, 0.25) is 0 Å². The van der Waals surface area contributed by atoms with Gasteiger partial charge < -0.3 is 10.2 Å². The van der Waals surface area contributed by atoms with Gasteiger partial charge in [0.15, 0.2) is 0 Å². The van der Waals surface area contributed by atoms with Gasteiger partial charge >= 0.3 is 0 Å². The number of hydrogen-bond donors (Lipinski definition) is 1. The molecule has 2 heterocycles. The number of sulfonamides is 1. The lowest BCUT2D eigenvalue weighted by Crippen LogP contribution is -2.39. The smallest absolute Gasteiger partial charge is 0.260 e. The lowest BCUT2D eigenvalue weighted by Gasteiger charge is -2.25. The molecular weight excluding hydrogens is 392 g/mol. The molecule has 1 atom stereocenters. The molecule has 0 saturated heterocycles. The van der Waals surface area contributed by atoms with Gasteiger partial charge in [0.05, 0.1) is 28.6 Å². The van der Waals surface area contributed by atoms with Crippen molar-refractivity contribution in [2.75, 3.05) is 7.11 Å². The van der Waals surface area contributed by atoms with Crippen LogP contribution in [-0.2, 0) is 10.0 Å². The summed E-state index contributed by atoms with van der Waals surface area (Å²) in [5.41, 5.74) is 5.76. The second kappa shape index (κ2) is 7.43. The van der Waals surface area contributed by atoms with Crippen LogP contribution in [0.15, 0.2) is 77.0 Å². The zero-order chi connectivity index (χ0) is 19.7. The first-order valence-corrected chi connectivity index (χ1v) is 11.1. The minimum Gasteiger partial charge on any atom is -0.497 e. The van der Waals surface area contributed by atoms with E-state index in [-0.39, 0.29) is 4.90 Å². The van der Waals surface area contributed by atoms with Gasteiger partial charge in [0.25, 0.3) is 10.0 Å². The molecule has 0 aliphatic carbocycles. The van der Waals surface area contributed by atoms with E-state index in [4.69, 9.17) is 4.74 Å². The first-order chi connectivity index (χ1) is 13.5. The summed E-state index contributed by atoms with van der Waals surface area (Å²) >= 11 is 1.56. The van der Waals surface area contributed by atoms with Crippen molar-refractivity contribution >= 4 is 27.1 Å². The van der Waals surface area contributed by atoms with Gasteiger partial charge in [-0.15, -0.1) is 15.8 Å². The monoisotopic (exact) mass is 412 g/mol. The molecular formula is C21H20N2O3S2. The molecule has 0 saturated carbocycles. The lowest BCUT2D eigenvalue weighted by atomic mass is 10.1. The molecule has 1 N–H and O–H groups in total. The van der Waals surface area contributed by atoms with E-state index in [1.54, 1.807) is 42.7 Å². The van der Waals surface area contributed by atoms with Gasteiger partial charge in [0, 0.05) is 0 Å². The minimum absolute atomic E-state index is 0.255. The SMILES string of the molecule is COc1ccc([C@H]2C=C(c3cccs3)NN2S(=O)(=O)c2ccc(C)cc2)cc1. The maximum Gasteiger partial charge on any atom is 0.260 e. The molecule has 1 aliphatic rings. The zero-order valence-corrected chi connectivity index (χ0v) is 17.1. The van der Waals surface area contributed by atoms with Gasteiger partial charge in [-0.1, -0.05) is 35.9 Å². The number of ether oxygens (including phenoxy) is 1. The van der Waals surface area contributed by atoms with E-state index in [0.717, 1.165) is 27.5 Å². The number of rotatable bonds is 5. The van der Waals surface area contributed by atoms with Crippen LogP contribution in [0.5, 0.6) is 5.75 Å². The largest absolute Gasteiger partial charge is 0.497 e. The van der Waals surface area contributed by atoms with Gasteiger partial charge in [-0.05, 0) is 54.3 Å². The van der Waals surface area contributed by atoms with Gasteiger partial charge in [0.2, 0.25) is 0 Å². The van der Waals surface area contributed by atoms with Crippen molar-refractivity contribution in [2.45, 2.75) is 17.9 Å². The van der Waals surface area contributed by atoms with E-state index in [1.807, 2.05) is 54.8 Å². The summed E-state index contributed by atoms with van der Waals surface area (Å²) in [5, 5.41) is 1.97. The molecule has 0 amide bonds. The second-order valence-corrected chi connectivity index (χ2v) is 9.26. The molecule has 2 aromatic carbocycles. The predicted octanol–water partition coefficient (Wildman–Crippen LogP) is 4.36. The van der Waals surface area contributed by atoms with E-state index < -0.39 is 16.1 Å². The van der Waals surface area contributed by atoms with Gasteiger partial charge in [-0.25, -0.2) is 8.42 Å². The maximum atomic E-state index is 13.4. The Balaban J connectivity index is 1.76. The number of methoxy groups -OCH3 is 1. The Morgan fingerprint density at radius 3 is 2.36 bits per heavy atom. The Kier molecular flexibility index (Phi) is 4.97. The van der Waals surface area contributed by atoms with Crippen molar-refractivity contribution in [2.24, 2.45) is 0 Å². The van der Waals surface area contributed by atoms with Crippen LogP contribution in [0.3, 0.4) is 0 Å². The van der Waals surface area contributed by atoms with Crippen molar-refractivity contribution in [1.82, 2.24) is 9.84 Å². The quantitative estimate of drug-likeness (QED) is 0.677. The van der Waals surface area contributed by atoms with E-state index >= 15 is 0 Å². The molecule has 5 nitrogen and oxygen atoms in total. The van der Waals surface area contributed by atoms with Crippen molar-refractivity contribution in [3.05, 3.63) is 88.1 Å². The number of thiophene rings is 1. The topological polar surface area (TPSA) is 58.6 Å². The molecule has 0 spiro atoms. The van der Waals surface area contributed by atoms with Crippen molar-refractivity contribution in [3.63, 3.8) is 0 Å². The molecule has 0 unspecified atom stereocenters. The number of nitrogens with zero attached hydrogens (tertiary/aromatic N) is 1. The summed E-state index contributed by atoms with van der Waals surface area (Å²) in [6, 6.07) is 17.8. The van der Waals surface area contributed by atoms with Crippen LogP contribution in [0.4, 0.5) is 0 Å². The molecule has 7 heteroatoms. The standard InChI is InChI=1S/C21H20N2O3S2/c1-15-5-11-18(12-6-15)28(24,25)23-20(16-7-9-17(26-2)10-8-16)14-19(22-23)21-4-3-13-27-21/h3-14,20,22H,1-2H3/t20-/m1/s1. The van der Waals surface area contributed by atoms with E-state index in [9.17, 15) is 8.42 Å². The highest BCUT2D eigenvalue weighted by atomic mass is 32.2. The fourth-order valence-corrected chi connectivity index (χ4v) is 5.20. The summed E-state index contributed by atoms with van der Waals surface area (Å²) in [6.45, 7) is 1.93. The summed E-state index contributed by atoms with van der Waals surface area (Å²) < 4.78 is 33.3. The fraction of sp³-hybridized carbons (Fsp3) is 0.143. The summed E-state index contributed by atoms with van der Waals surface area (Å²) in [6.07, 6.45) is 1.94. The number of hydrogen-bond acceptors (Lipinski definition) is 5. The van der Waals surface area contributed by atoms with Crippen molar-refractivity contribution in [3.8, 4) is 5.75 Å². The molecule has 1 aromatic heterocycles. The van der Waals surface area contributed by atoms with Crippen LogP contribution < -0.4 is 10.2 Å². The number of hydrazine groups is 1. The lowest BCUT2D eigenvalue weighted by molar-refractivity contribution is 0.347. The minimum atomic E-state index is -3.75. The van der Waals surface area contributed by atoms with E-state index in [1.165, 1.54) is 4.41 Å². The second-order valence-electron chi connectivity index (χ2n) is 6.50. The zero-order valence-electron chi connectivity index (χ0n) is 15.5. The van der Waals surface area contributed by atoms with Crippen molar-refractivity contribution in [1.29, 1.82) is 0 Å². The van der Waals surface area contributed by atoms with Crippen LogP contribution >= 0.6 is 11.3 Å². The summed E-state index contributed by atoms with van der Waals surface area (Å²) in [5.74, 6) is 0.727. The molecule has 28 heavy (non-hydrogen) atoms. The predicted molar refractivity (Wildman–Crippen MR) is 111 cm³/mol. The van der Waals surface area contributed by atoms with Crippen molar-refractivity contribution < 1.29 is 13.2 Å². The Morgan fingerprint density at radius 2 is 1.75 bits per heavy atom. The molecule has 3 aromatic rings. The molecule has 1 aliphatic heterocycles. The molecule has 0 radical (unpaired) electrons. The highest BCUT2D eigenvalue weighted by Crippen LogP contribution is 2.36. The number of nitrogens with one attached hydrogen (secondary N) is 1. The normalized spacial score (nSPS) is 17.2. The van der Waals surface area contributed by atoms with Crippen LogP contribution in [0, 0.1) is 6.92 Å². The van der Waals surface area contributed by atoms with Gasteiger partial charge in [-0.3, -0.25) is 0 Å². The average Bonchev–Trinajstić information content (AvgIpc) is 3.38. The van der Waals surface area contributed by atoms with Crippen LogP contribution in [0.25, 0.3) is 5.70 Å². The fourth-order valence-electron chi connectivity index (χ4n) is 3.09. The molecule has 0 bridgehead atoms. The maximum absolute atomic E-state index is 13.4. The third-order valence-electron chi connectivity index (χ3n) is 4.63. The Labute approximate surface area is 168 Å². The first kappa shape index (κ1) is 18.7. The summed E-state index contributed by atoms with van der Waals surface area (Å²) in [7, 11) is -2.14. The van der Waals surface area contributed by atoms with Crippen LogP contribution in [-0.4, -0.2) is 19.9 Å². The highest BCUT2D eigenvalue weighted by molar-refractivity contribution is 7.89. The Bertz CT molecular complexity index is 1090. The Morgan fingerprint density at radius 1 is 1.04 bits per heavy atom. The first-order valence-electron chi connectivity index (χ1n) is 8.76. The van der Waals surface area contributed by atoms with Gasteiger partial charge in [-0.2, -0.15) is 0 Å². The number of aryl methyl sites for hydroxylation is 1.